The van der Waals surface area contributed by atoms with Crippen LogP contribution in [0.25, 0.3) is 0 Å². The third-order valence-electron chi connectivity index (χ3n) is 3.51. The molecule has 4 heteroatoms. The third-order valence-corrected chi connectivity index (χ3v) is 4.00. The first-order chi connectivity index (χ1) is 9.99. The van der Waals surface area contributed by atoms with E-state index in [4.69, 9.17) is 4.74 Å². The fraction of sp³-hybridized carbons (Fsp3) is 0.647. The summed E-state index contributed by atoms with van der Waals surface area (Å²) in [5, 5.41) is 3.54. The SMILES string of the molecule is CCN(c1cc(Br)ccc1CNCC(C)C)C(C)COC. The van der Waals surface area contributed by atoms with Gasteiger partial charge in [-0.3, -0.25) is 0 Å². The molecule has 0 bridgehead atoms. The van der Waals surface area contributed by atoms with Gasteiger partial charge in [-0.2, -0.15) is 0 Å². The number of benzene rings is 1. The lowest BCUT2D eigenvalue weighted by Gasteiger charge is -2.32. The molecule has 1 aromatic carbocycles. The minimum atomic E-state index is 0.359. The van der Waals surface area contributed by atoms with E-state index in [-0.39, 0.29) is 0 Å². The number of ether oxygens (including phenoxy) is 1. The van der Waals surface area contributed by atoms with Gasteiger partial charge < -0.3 is 15.0 Å². The highest BCUT2D eigenvalue weighted by Gasteiger charge is 2.16. The molecule has 0 saturated carbocycles. The first kappa shape index (κ1) is 18.5. The Hall–Kier alpha value is -0.580. The highest BCUT2D eigenvalue weighted by atomic mass is 79.9. The molecule has 0 saturated heterocycles. The Morgan fingerprint density at radius 1 is 1.29 bits per heavy atom. The largest absolute Gasteiger partial charge is 0.383 e. The molecular weight excluding hydrogens is 328 g/mol. The third kappa shape index (κ3) is 5.97. The van der Waals surface area contributed by atoms with E-state index < -0.39 is 0 Å². The van der Waals surface area contributed by atoms with Crippen LogP contribution in [0, 0.1) is 5.92 Å². The van der Waals surface area contributed by atoms with Crippen LogP contribution in [0.15, 0.2) is 22.7 Å². The van der Waals surface area contributed by atoms with Crippen molar-refractivity contribution in [3.63, 3.8) is 0 Å². The van der Waals surface area contributed by atoms with Crippen molar-refractivity contribution in [2.24, 2.45) is 5.92 Å². The van der Waals surface area contributed by atoms with Crippen molar-refractivity contribution in [1.29, 1.82) is 0 Å². The van der Waals surface area contributed by atoms with Crippen LogP contribution in [-0.2, 0) is 11.3 Å². The van der Waals surface area contributed by atoms with Gasteiger partial charge in [0.25, 0.3) is 0 Å². The Bertz CT molecular complexity index is 423. The van der Waals surface area contributed by atoms with Gasteiger partial charge in [-0.25, -0.2) is 0 Å². The van der Waals surface area contributed by atoms with E-state index in [1.165, 1.54) is 11.3 Å². The quantitative estimate of drug-likeness (QED) is 0.721. The molecule has 1 aromatic rings. The van der Waals surface area contributed by atoms with Crippen molar-refractivity contribution in [3.05, 3.63) is 28.2 Å². The van der Waals surface area contributed by atoms with Crippen LogP contribution in [0.4, 0.5) is 5.69 Å². The topological polar surface area (TPSA) is 24.5 Å². The maximum atomic E-state index is 5.32. The molecule has 120 valence electrons. The highest BCUT2D eigenvalue weighted by Crippen LogP contribution is 2.27. The lowest BCUT2D eigenvalue weighted by molar-refractivity contribution is 0.182. The van der Waals surface area contributed by atoms with Crippen LogP contribution in [0.3, 0.4) is 0 Å². The molecule has 0 spiro atoms. The first-order valence-corrected chi connectivity index (χ1v) is 8.53. The molecule has 0 aliphatic heterocycles. The molecule has 0 amide bonds. The van der Waals surface area contributed by atoms with Gasteiger partial charge in [0.15, 0.2) is 0 Å². The highest BCUT2D eigenvalue weighted by molar-refractivity contribution is 9.10. The summed E-state index contributed by atoms with van der Waals surface area (Å²) >= 11 is 3.59. The molecular formula is C17H29BrN2O. The van der Waals surface area contributed by atoms with Gasteiger partial charge in [-0.1, -0.05) is 35.8 Å². The van der Waals surface area contributed by atoms with Crippen molar-refractivity contribution >= 4 is 21.6 Å². The summed E-state index contributed by atoms with van der Waals surface area (Å²) in [6, 6.07) is 6.89. The second kappa shape index (κ2) is 9.44. The first-order valence-electron chi connectivity index (χ1n) is 7.74. The molecule has 1 unspecified atom stereocenters. The Morgan fingerprint density at radius 3 is 2.57 bits per heavy atom. The number of hydrogen-bond acceptors (Lipinski definition) is 3. The molecule has 0 aliphatic carbocycles. The summed E-state index contributed by atoms with van der Waals surface area (Å²) in [5.74, 6) is 0.665. The van der Waals surface area contributed by atoms with E-state index in [0.717, 1.165) is 30.7 Å². The molecule has 0 aliphatic rings. The lowest BCUT2D eigenvalue weighted by Crippen LogP contribution is -2.37. The van der Waals surface area contributed by atoms with Crippen molar-refractivity contribution in [2.75, 3.05) is 31.7 Å². The number of hydrogen-bond donors (Lipinski definition) is 1. The fourth-order valence-electron chi connectivity index (χ4n) is 2.50. The van der Waals surface area contributed by atoms with E-state index in [1.54, 1.807) is 7.11 Å². The van der Waals surface area contributed by atoms with Crippen molar-refractivity contribution in [3.8, 4) is 0 Å². The Balaban J connectivity index is 2.93. The van der Waals surface area contributed by atoms with Crippen LogP contribution in [0.5, 0.6) is 0 Å². The summed E-state index contributed by atoms with van der Waals surface area (Å²) < 4.78 is 6.44. The van der Waals surface area contributed by atoms with Gasteiger partial charge >= 0.3 is 0 Å². The number of rotatable bonds is 9. The van der Waals surface area contributed by atoms with Crippen molar-refractivity contribution < 1.29 is 4.74 Å². The number of nitrogens with zero attached hydrogens (tertiary/aromatic N) is 1. The summed E-state index contributed by atoms with van der Waals surface area (Å²) in [6.07, 6.45) is 0. The zero-order valence-electron chi connectivity index (χ0n) is 13.9. The van der Waals surface area contributed by atoms with Crippen molar-refractivity contribution in [1.82, 2.24) is 5.32 Å². The molecule has 1 rings (SSSR count). The molecule has 1 atom stereocenters. The van der Waals surface area contributed by atoms with E-state index in [0.29, 0.717) is 12.0 Å². The van der Waals surface area contributed by atoms with Gasteiger partial charge in [-0.05, 0) is 44.0 Å². The summed E-state index contributed by atoms with van der Waals surface area (Å²) in [5.41, 5.74) is 2.62. The Morgan fingerprint density at radius 2 is 2.00 bits per heavy atom. The van der Waals surface area contributed by atoms with Crippen LogP contribution < -0.4 is 10.2 Å². The zero-order chi connectivity index (χ0) is 15.8. The lowest BCUT2D eigenvalue weighted by atomic mass is 10.1. The Labute approximate surface area is 138 Å². The fourth-order valence-corrected chi connectivity index (χ4v) is 2.85. The predicted molar refractivity (Wildman–Crippen MR) is 95.0 cm³/mol. The average Bonchev–Trinajstić information content (AvgIpc) is 2.42. The summed E-state index contributed by atoms with van der Waals surface area (Å²) in [7, 11) is 1.76. The van der Waals surface area contributed by atoms with Crippen LogP contribution >= 0.6 is 15.9 Å². The molecule has 3 nitrogen and oxygen atoms in total. The second-order valence-corrected chi connectivity index (χ2v) is 6.80. The molecule has 0 heterocycles. The van der Waals surface area contributed by atoms with Gasteiger partial charge in [0, 0.05) is 36.4 Å². The van der Waals surface area contributed by atoms with Crippen LogP contribution in [-0.4, -0.2) is 32.8 Å². The van der Waals surface area contributed by atoms with E-state index in [1.807, 2.05) is 0 Å². The van der Waals surface area contributed by atoms with Crippen LogP contribution in [0.1, 0.15) is 33.3 Å². The number of nitrogens with one attached hydrogen (secondary N) is 1. The number of likely N-dealkylation sites (N-methyl/N-ethyl adjacent to an activating group) is 1. The van der Waals surface area contributed by atoms with E-state index in [9.17, 15) is 0 Å². The van der Waals surface area contributed by atoms with Crippen molar-refractivity contribution in [2.45, 2.75) is 40.3 Å². The minimum Gasteiger partial charge on any atom is -0.383 e. The zero-order valence-corrected chi connectivity index (χ0v) is 15.5. The van der Waals surface area contributed by atoms with Crippen LogP contribution in [0.2, 0.25) is 0 Å². The minimum absolute atomic E-state index is 0.359. The number of methoxy groups -OCH3 is 1. The van der Waals surface area contributed by atoms with Gasteiger partial charge in [0.2, 0.25) is 0 Å². The van der Waals surface area contributed by atoms with E-state index in [2.05, 4.69) is 72.0 Å². The maximum absolute atomic E-state index is 5.32. The standard InChI is InChI=1S/C17H29BrN2O/c1-6-20(14(4)12-21-5)17-9-16(18)8-7-15(17)11-19-10-13(2)3/h7-9,13-14,19H,6,10-12H2,1-5H3. The molecule has 21 heavy (non-hydrogen) atoms. The average molecular weight is 357 g/mol. The normalized spacial score (nSPS) is 12.7. The van der Waals surface area contributed by atoms with Gasteiger partial charge in [0.05, 0.1) is 6.61 Å². The predicted octanol–water partition coefficient (Wildman–Crippen LogP) is 4.06. The summed E-state index contributed by atoms with van der Waals surface area (Å²) in [4.78, 5) is 2.40. The molecule has 0 fully saturated rings. The second-order valence-electron chi connectivity index (χ2n) is 5.89. The number of anilines is 1. The molecule has 1 N–H and O–H groups in total. The number of halogens is 1. The molecule has 0 radical (unpaired) electrons. The van der Waals surface area contributed by atoms with E-state index >= 15 is 0 Å². The van der Waals surface area contributed by atoms with Gasteiger partial charge in [0.1, 0.15) is 0 Å². The maximum Gasteiger partial charge on any atom is 0.0663 e. The monoisotopic (exact) mass is 356 g/mol. The molecule has 0 aromatic heterocycles. The smallest absolute Gasteiger partial charge is 0.0663 e. The van der Waals surface area contributed by atoms with Gasteiger partial charge in [-0.15, -0.1) is 0 Å². The summed E-state index contributed by atoms with van der Waals surface area (Å²) in [6.45, 7) is 12.5. The Kier molecular flexibility index (Phi) is 8.30.